The molecule has 162 valence electrons. The average molecular weight is 477 g/mol. The Morgan fingerprint density at radius 3 is 2.45 bits per heavy atom. The summed E-state index contributed by atoms with van der Waals surface area (Å²) in [7, 11) is -1.19. The number of benzene rings is 2. The molecule has 31 heavy (non-hydrogen) atoms. The van der Waals surface area contributed by atoms with E-state index in [9.17, 15) is 9.00 Å². The van der Waals surface area contributed by atoms with E-state index in [1.807, 2.05) is 42.5 Å². The van der Waals surface area contributed by atoms with Gasteiger partial charge in [0.05, 0.1) is 11.5 Å². The topological polar surface area (TPSA) is 53.8 Å². The summed E-state index contributed by atoms with van der Waals surface area (Å²) in [5.41, 5.74) is 1.89. The minimum absolute atomic E-state index is 0.145. The SMILES string of the molecule is O=C(c1ccc(C[S@@](=O)Cc2ccccc2Cl)o1)N1CCN(c2cccc(Cl)c2)CC1. The summed E-state index contributed by atoms with van der Waals surface area (Å²) >= 11 is 12.2. The fraction of sp³-hybridized carbons (Fsp3) is 0.261. The highest BCUT2D eigenvalue weighted by Crippen LogP contribution is 2.22. The van der Waals surface area contributed by atoms with E-state index in [2.05, 4.69) is 4.90 Å². The van der Waals surface area contributed by atoms with Crippen LogP contribution in [0.4, 0.5) is 5.69 Å². The van der Waals surface area contributed by atoms with Crippen molar-refractivity contribution in [3.63, 3.8) is 0 Å². The zero-order valence-corrected chi connectivity index (χ0v) is 19.1. The molecule has 2 aromatic carbocycles. The summed E-state index contributed by atoms with van der Waals surface area (Å²) < 4.78 is 18.2. The molecule has 1 fully saturated rings. The Balaban J connectivity index is 1.32. The lowest BCUT2D eigenvalue weighted by Crippen LogP contribution is -2.48. The maximum Gasteiger partial charge on any atom is 0.289 e. The van der Waals surface area contributed by atoms with Gasteiger partial charge in [0, 0.05) is 52.7 Å². The highest BCUT2D eigenvalue weighted by Gasteiger charge is 2.24. The zero-order valence-electron chi connectivity index (χ0n) is 16.8. The van der Waals surface area contributed by atoms with E-state index in [4.69, 9.17) is 27.6 Å². The number of carbonyl (C=O) groups excluding carboxylic acids is 1. The van der Waals surface area contributed by atoms with Gasteiger partial charge < -0.3 is 14.2 Å². The Morgan fingerprint density at radius 2 is 1.71 bits per heavy atom. The lowest BCUT2D eigenvalue weighted by Gasteiger charge is -2.35. The Hall–Kier alpha value is -2.28. The van der Waals surface area contributed by atoms with Gasteiger partial charge in [-0.25, -0.2) is 0 Å². The predicted octanol–water partition coefficient (Wildman–Crippen LogP) is 5.00. The van der Waals surface area contributed by atoms with Crippen LogP contribution in [0.2, 0.25) is 10.0 Å². The standard InChI is InChI=1S/C23H22Cl2N2O3S/c24-18-5-3-6-19(14-18)26-10-12-27(13-11-26)23(28)22-9-8-20(30-22)16-31(29)15-17-4-1-2-7-21(17)25/h1-9,14H,10-13,15-16H2/t31-/m0/s1. The van der Waals surface area contributed by atoms with E-state index < -0.39 is 10.8 Å². The van der Waals surface area contributed by atoms with Gasteiger partial charge in [0.2, 0.25) is 0 Å². The van der Waals surface area contributed by atoms with E-state index >= 15 is 0 Å². The minimum atomic E-state index is -1.19. The first kappa shape index (κ1) is 21.9. The first-order valence-electron chi connectivity index (χ1n) is 9.96. The third-order valence-electron chi connectivity index (χ3n) is 5.19. The van der Waals surface area contributed by atoms with E-state index in [-0.39, 0.29) is 17.4 Å². The van der Waals surface area contributed by atoms with Crippen LogP contribution in [-0.4, -0.2) is 41.2 Å². The quantitative estimate of drug-likeness (QED) is 0.502. The van der Waals surface area contributed by atoms with Crippen molar-refractivity contribution in [3.8, 4) is 0 Å². The molecular formula is C23H22Cl2N2O3S. The lowest BCUT2D eigenvalue weighted by molar-refractivity contribution is 0.0713. The molecular weight excluding hydrogens is 455 g/mol. The second-order valence-electron chi connectivity index (χ2n) is 7.34. The molecule has 0 aliphatic carbocycles. The molecule has 1 amide bonds. The van der Waals surface area contributed by atoms with Crippen LogP contribution < -0.4 is 4.90 Å². The van der Waals surface area contributed by atoms with Gasteiger partial charge in [0.1, 0.15) is 5.76 Å². The van der Waals surface area contributed by atoms with Crippen LogP contribution in [0.3, 0.4) is 0 Å². The van der Waals surface area contributed by atoms with E-state index in [1.54, 1.807) is 23.1 Å². The van der Waals surface area contributed by atoms with Crippen LogP contribution in [-0.2, 0) is 22.3 Å². The number of nitrogens with zero attached hydrogens (tertiary/aromatic N) is 2. The molecule has 0 unspecified atom stereocenters. The van der Waals surface area contributed by atoms with Gasteiger partial charge in [-0.05, 0) is 42.0 Å². The van der Waals surface area contributed by atoms with Gasteiger partial charge >= 0.3 is 0 Å². The summed E-state index contributed by atoms with van der Waals surface area (Å²) in [6.07, 6.45) is 0. The van der Waals surface area contributed by atoms with Crippen LogP contribution in [0.25, 0.3) is 0 Å². The van der Waals surface area contributed by atoms with Crippen molar-refractivity contribution in [1.82, 2.24) is 4.90 Å². The van der Waals surface area contributed by atoms with Crippen LogP contribution >= 0.6 is 23.2 Å². The Morgan fingerprint density at radius 1 is 0.935 bits per heavy atom. The Labute approximate surface area is 194 Å². The molecule has 3 aromatic rings. The summed E-state index contributed by atoms with van der Waals surface area (Å²) in [4.78, 5) is 16.8. The first-order valence-corrected chi connectivity index (χ1v) is 12.2. The molecule has 4 rings (SSSR count). The Bertz CT molecular complexity index is 1090. The molecule has 0 N–H and O–H groups in total. The van der Waals surface area contributed by atoms with E-state index in [0.29, 0.717) is 34.6 Å². The van der Waals surface area contributed by atoms with Crippen molar-refractivity contribution < 1.29 is 13.4 Å². The summed E-state index contributed by atoms with van der Waals surface area (Å²) in [6, 6.07) is 18.5. The van der Waals surface area contributed by atoms with Gasteiger partial charge in [-0.2, -0.15) is 0 Å². The molecule has 5 nitrogen and oxygen atoms in total. The summed E-state index contributed by atoms with van der Waals surface area (Å²) in [6.45, 7) is 2.64. The van der Waals surface area contributed by atoms with E-state index in [0.717, 1.165) is 24.3 Å². The highest BCUT2D eigenvalue weighted by atomic mass is 35.5. The molecule has 0 radical (unpaired) electrons. The van der Waals surface area contributed by atoms with Crippen molar-refractivity contribution in [2.24, 2.45) is 0 Å². The number of amides is 1. The van der Waals surface area contributed by atoms with Crippen LogP contribution in [0, 0.1) is 0 Å². The van der Waals surface area contributed by atoms with Crippen LogP contribution in [0.5, 0.6) is 0 Å². The molecule has 1 aliphatic heterocycles. The van der Waals surface area contributed by atoms with Gasteiger partial charge in [0.15, 0.2) is 5.76 Å². The number of hydrogen-bond acceptors (Lipinski definition) is 4. The first-order chi connectivity index (χ1) is 15.0. The summed E-state index contributed by atoms with van der Waals surface area (Å²) in [5.74, 6) is 1.25. The lowest BCUT2D eigenvalue weighted by atomic mass is 10.2. The largest absolute Gasteiger partial charge is 0.455 e. The van der Waals surface area contributed by atoms with Crippen LogP contribution in [0.15, 0.2) is 65.1 Å². The number of rotatable bonds is 6. The number of carbonyl (C=O) groups is 1. The predicted molar refractivity (Wildman–Crippen MR) is 125 cm³/mol. The zero-order chi connectivity index (χ0) is 21.8. The van der Waals surface area contributed by atoms with Crippen molar-refractivity contribution in [3.05, 3.63) is 87.8 Å². The van der Waals surface area contributed by atoms with Gasteiger partial charge in [0.25, 0.3) is 5.91 Å². The van der Waals surface area contributed by atoms with Crippen molar-refractivity contribution in [2.45, 2.75) is 11.5 Å². The molecule has 0 saturated carbocycles. The number of halogens is 2. The van der Waals surface area contributed by atoms with Crippen molar-refractivity contribution in [1.29, 1.82) is 0 Å². The average Bonchev–Trinajstić information content (AvgIpc) is 3.23. The molecule has 1 aromatic heterocycles. The molecule has 1 aliphatic rings. The highest BCUT2D eigenvalue weighted by molar-refractivity contribution is 7.83. The third-order valence-corrected chi connectivity index (χ3v) is 7.03. The maximum absolute atomic E-state index is 12.8. The van der Waals surface area contributed by atoms with E-state index in [1.165, 1.54) is 0 Å². The van der Waals surface area contributed by atoms with Gasteiger partial charge in [-0.1, -0.05) is 47.5 Å². The van der Waals surface area contributed by atoms with Gasteiger partial charge in [-0.15, -0.1) is 0 Å². The molecule has 0 spiro atoms. The number of furan rings is 1. The number of hydrogen-bond donors (Lipinski definition) is 0. The van der Waals surface area contributed by atoms with Crippen molar-refractivity contribution >= 4 is 45.6 Å². The molecule has 1 atom stereocenters. The third kappa shape index (κ3) is 5.50. The second kappa shape index (κ2) is 9.90. The normalized spacial score (nSPS) is 15.2. The smallest absolute Gasteiger partial charge is 0.289 e. The van der Waals surface area contributed by atoms with Crippen LogP contribution in [0.1, 0.15) is 21.9 Å². The fourth-order valence-corrected chi connectivity index (χ4v) is 5.20. The molecule has 2 heterocycles. The fourth-order valence-electron chi connectivity index (χ4n) is 3.57. The summed E-state index contributed by atoms with van der Waals surface area (Å²) in [5, 5.41) is 1.30. The monoisotopic (exact) mass is 476 g/mol. The second-order valence-corrected chi connectivity index (χ2v) is 9.65. The molecule has 1 saturated heterocycles. The molecule has 0 bridgehead atoms. The minimum Gasteiger partial charge on any atom is -0.455 e. The maximum atomic E-state index is 12.8. The van der Waals surface area contributed by atoms with Gasteiger partial charge in [-0.3, -0.25) is 9.00 Å². The number of anilines is 1. The van der Waals surface area contributed by atoms with Crippen molar-refractivity contribution in [2.75, 3.05) is 31.1 Å². The molecule has 8 heteroatoms. The Kier molecular flexibility index (Phi) is 7.00. The number of piperazine rings is 1.